The molecule has 0 unspecified atom stereocenters. The van der Waals surface area contributed by atoms with Crippen LogP contribution in [0.2, 0.25) is 5.02 Å². The van der Waals surface area contributed by atoms with Crippen molar-refractivity contribution in [2.45, 2.75) is 6.92 Å². The van der Waals surface area contributed by atoms with Crippen molar-refractivity contribution in [2.24, 2.45) is 0 Å². The van der Waals surface area contributed by atoms with Crippen LogP contribution in [0.5, 0.6) is 0 Å². The van der Waals surface area contributed by atoms with Crippen LogP contribution in [0.25, 0.3) is 0 Å². The topological polar surface area (TPSA) is 72.2 Å². The third-order valence-corrected chi connectivity index (χ3v) is 3.48. The maximum absolute atomic E-state index is 12.2. The average molecular weight is 370 g/mol. The largest absolute Gasteiger partial charge is 0.322 e. The van der Waals surface area contributed by atoms with Gasteiger partial charge < -0.3 is 5.32 Å². The minimum Gasteiger partial charge on any atom is -0.322 e. The van der Waals surface area contributed by atoms with E-state index in [2.05, 4.69) is 21.2 Å². The van der Waals surface area contributed by atoms with E-state index >= 15 is 0 Å². The van der Waals surface area contributed by atoms with E-state index in [-0.39, 0.29) is 10.6 Å². The molecule has 1 N–H and O–H groups in total. The van der Waals surface area contributed by atoms with E-state index in [1.807, 2.05) is 13.0 Å². The highest BCUT2D eigenvalue weighted by Gasteiger charge is 2.23. The summed E-state index contributed by atoms with van der Waals surface area (Å²) >= 11 is 9.12. The van der Waals surface area contributed by atoms with Crippen LogP contribution in [-0.2, 0) is 0 Å². The first-order valence-corrected chi connectivity index (χ1v) is 7.07. The number of amides is 1. The molecule has 5 nitrogen and oxygen atoms in total. The highest BCUT2D eigenvalue weighted by atomic mass is 79.9. The number of para-hydroxylation sites is 1. The standard InChI is InChI=1S/C14H10BrClN2O3/c1-8-5-9(15)7-10(6-8)17-14(19)11-3-2-4-12(16)13(11)18(20)21/h2-7H,1H3,(H,17,19). The first-order valence-electron chi connectivity index (χ1n) is 5.90. The maximum Gasteiger partial charge on any atom is 0.300 e. The fraction of sp³-hybridized carbons (Fsp3) is 0.0714. The molecule has 108 valence electrons. The predicted molar refractivity (Wildman–Crippen MR) is 84.9 cm³/mol. The molecule has 0 saturated carbocycles. The summed E-state index contributed by atoms with van der Waals surface area (Å²) in [5, 5.41) is 13.6. The monoisotopic (exact) mass is 368 g/mol. The lowest BCUT2D eigenvalue weighted by molar-refractivity contribution is -0.385. The molecule has 0 aromatic heterocycles. The smallest absolute Gasteiger partial charge is 0.300 e. The molecule has 0 atom stereocenters. The number of halogens is 2. The van der Waals surface area contributed by atoms with Crippen molar-refractivity contribution < 1.29 is 9.72 Å². The summed E-state index contributed by atoms with van der Waals surface area (Å²) in [6, 6.07) is 9.60. The number of rotatable bonds is 3. The summed E-state index contributed by atoms with van der Waals surface area (Å²) in [6.07, 6.45) is 0. The number of nitro benzene ring substituents is 1. The Balaban J connectivity index is 2.37. The van der Waals surface area contributed by atoms with Crippen LogP contribution in [0, 0.1) is 17.0 Å². The fourth-order valence-electron chi connectivity index (χ4n) is 1.89. The van der Waals surface area contributed by atoms with Gasteiger partial charge in [0.1, 0.15) is 10.6 Å². The second-order valence-electron chi connectivity index (χ2n) is 4.36. The van der Waals surface area contributed by atoms with Gasteiger partial charge in [-0.1, -0.05) is 33.6 Å². The molecule has 1 amide bonds. The quantitative estimate of drug-likeness (QED) is 0.636. The lowest BCUT2D eigenvalue weighted by Crippen LogP contribution is -2.14. The number of carbonyl (C=O) groups is 1. The molecule has 21 heavy (non-hydrogen) atoms. The highest BCUT2D eigenvalue weighted by molar-refractivity contribution is 9.10. The third-order valence-electron chi connectivity index (χ3n) is 2.71. The Labute approximate surface area is 134 Å². The number of hydrogen-bond acceptors (Lipinski definition) is 3. The summed E-state index contributed by atoms with van der Waals surface area (Å²) in [6.45, 7) is 1.88. The molecule has 0 aliphatic heterocycles. The third kappa shape index (κ3) is 3.59. The average Bonchev–Trinajstić information content (AvgIpc) is 2.36. The van der Waals surface area contributed by atoms with E-state index < -0.39 is 16.5 Å². The Morgan fingerprint density at radius 3 is 2.67 bits per heavy atom. The van der Waals surface area contributed by atoms with Gasteiger partial charge in [-0.3, -0.25) is 14.9 Å². The zero-order chi connectivity index (χ0) is 15.6. The molecule has 0 heterocycles. The van der Waals surface area contributed by atoms with Gasteiger partial charge in [0.2, 0.25) is 0 Å². The molecule has 2 aromatic rings. The molecule has 0 saturated heterocycles. The Bertz CT molecular complexity index is 714. The van der Waals surface area contributed by atoms with E-state index in [1.54, 1.807) is 12.1 Å². The van der Waals surface area contributed by atoms with E-state index in [1.165, 1.54) is 18.2 Å². The Morgan fingerprint density at radius 1 is 1.33 bits per heavy atom. The van der Waals surface area contributed by atoms with Crippen molar-refractivity contribution in [1.82, 2.24) is 0 Å². The molecule has 7 heteroatoms. The molecule has 0 spiro atoms. The number of nitrogens with zero attached hydrogens (tertiary/aromatic N) is 1. The minimum absolute atomic E-state index is 0.0712. The summed E-state index contributed by atoms with van der Waals surface area (Å²) in [5.41, 5.74) is 1.01. The minimum atomic E-state index is -0.663. The Hall–Kier alpha value is -1.92. The van der Waals surface area contributed by atoms with Gasteiger partial charge >= 0.3 is 5.69 Å². The van der Waals surface area contributed by atoms with Crippen molar-refractivity contribution in [3.8, 4) is 0 Å². The summed E-state index contributed by atoms with van der Waals surface area (Å²) < 4.78 is 0.804. The summed E-state index contributed by atoms with van der Waals surface area (Å²) in [5.74, 6) is -0.582. The van der Waals surface area contributed by atoms with Crippen molar-refractivity contribution in [2.75, 3.05) is 5.32 Å². The number of aryl methyl sites for hydroxylation is 1. The van der Waals surface area contributed by atoms with Gasteiger partial charge in [0, 0.05) is 10.2 Å². The van der Waals surface area contributed by atoms with Gasteiger partial charge in [-0.25, -0.2) is 0 Å². The first-order chi connectivity index (χ1) is 9.88. The van der Waals surface area contributed by atoms with Gasteiger partial charge in [-0.05, 0) is 42.8 Å². The SMILES string of the molecule is Cc1cc(Br)cc(NC(=O)c2cccc(Cl)c2[N+](=O)[O-])c1. The van der Waals surface area contributed by atoms with Crippen LogP contribution in [-0.4, -0.2) is 10.8 Å². The van der Waals surface area contributed by atoms with Crippen LogP contribution in [0.4, 0.5) is 11.4 Å². The van der Waals surface area contributed by atoms with Gasteiger partial charge in [-0.15, -0.1) is 0 Å². The second-order valence-corrected chi connectivity index (χ2v) is 5.69. The van der Waals surface area contributed by atoms with Crippen LogP contribution < -0.4 is 5.32 Å². The molecule has 2 aromatic carbocycles. The van der Waals surface area contributed by atoms with E-state index in [0.29, 0.717) is 5.69 Å². The number of nitro groups is 1. The normalized spacial score (nSPS) is 10.2. The number of carbonyl (C=O) groups excluding carboxylic acids is 1. The zero-order valence-corrected chi connectivity index (χ0v) is 13.2. The fourth-order valence-corrected chi connectivity index (χ4v) is 2.74. The predicted octanol–water partition coefficient (Wildman–Crippen LogP) is 4.57. The molecular formula is C14H10BrClN2O3. The maximum atomic E-state index is 12.2. The van der Waals surface area contributed by atoms with E-state index in [9.17, 15) is 14.9 Å². The van der Waals surface area contributed by atoms with Crippen LogP contribution in [0.1, 0.15) is 15.9 Å². The molecule has 0 fully saturated rings. The van der Waals surface area contributed by atoms with E-state index in [0.717, 1.165) is 10.0 Å². The number of hydrogen-bond donors (Lipinski definition) is 1. The summed E-state index contributed by atoms with van der Waals surface area (Å²) in [7, 11) is 0. The van der Waals surface area contributed by atoms with Crippen molar-refractivity contribution >= 4 is 44.8 Å². The molecular weight excluding hydrogens is 360 g/mol. The van der Waals surface area contributed by atoms with Crippen molar-refractivity contribution in [3.63, 3.8) is 0 Å². The second kappa shape index (κ2) is 6.24. The highest BCUT2D eigenvalue weighted by Crippen LogP contribution is 2.29. The van der Waals surface area contributed by atoms with Crippen LogP contribution in [0.3, 0.4) is 0 Å². The summed E-state index contributed by atoms with van der Waals surface area (Å²) in [4.78, 5) is 22.6. The molecule has 0 radical (unpaired) electrons. The molecule has 0 aliphatic rings. The molecule has 0 aliphatic carbocycles. The lowest BCUT2D eigenvalue weighted by Gasteiger charge is -2.08. The van der Waals surface area contributed by atoms with Crippen LogP contribution >= 0.6 is 27.5 Å². The number of nitrogens with one attached hydrogen (secondary N) is 1. The van der Waals surface area contributed by atoms with Gasteiger partial charge in [0.15, 0.2) is 0 Å². The zero-order valence-electron chi connectivity index (χ0n) is 10.9. The number of benzene rings is 2. The van der Waals surface area contributed by atoms with Gasteiger partial charge in [0.05, 0.1) is 4.92 Å². The Kier molecular flexibility index (Phi) is 4.59. The Morgan fingerprint density at radius 2 is 2.05 bits per heavy atom. The van der Waals surface area contributed by atoms with Gasteiger partial charge in [-0.2, -0.15) is 0 Å². The van der Waals surface area contributed by atoms with Crippen LogP contribution in [0.15, 0.2) is 40.9 Å². The first kappa shape index (κ1) is 15.5. The molecule has 2 rings (SSSR count). The lowest BCUT2D eigenvalue weighted by atomic mass is 10.1. The van der Waals surface area contributed by atoms with Crippen molar-refractivity contribution in [1.29, 1.82) is 0 Å². The number of anilines is 1. The molecule has 0 bridgehead atoms. The van der Waals surface area contributed by atoms with E-state index in [4.69, 9.17) is 11.6 Å². The van der Waals surface area contributed by atoms with Gasteiger partial charge in [0.25, 0.3) is 5.91 Å². The van der Waals surface area contributed by atoms with Crippen molar-refractivity contribution in [3.05, 3.63) is 67.1 Å².